The molecule has 0 aliphatic carbocycles. The summed E-state index contributed by atoms with van der Waals surface area (Å²) >= 11 is 3.26. The fourth-order valence-electron chi connectivity index (χ4n) is 3.42. The number of fused-ring (bicyclic) bond motifs is 3. The maximum absolute atomic E-state index is 13.6. The van der Waals surface area contributed by atoms with E-state index < -0.39 is 0 Å². The molecule has 4 nitrogen and oxygen atoms in total. The molecule has 3 heterocycles. The van der Waals surface area contributed by atoms with E-state index in [1.165, 1.54) is 0 Å². The lowest BCUT2D eigenvalue weighted by Gasteiger charge is -2.32. The van der Waals surface area contributed by atoms with Gasteiger partial charge in [0.2, 0.25) is 0 Å². The van der Waals surface area contributed by atoms with Crippen LogP contribution < -0.4 is 5.56 Å². The summed E-state index contributed by atoms with van der Waals surface area (Å²) in [5.74, 6) is 0.937. The minimum atomic E-state index is -0.208. The molecule has 1 aromatic carbocycles. The zero-order valence-corrected chi connectivity index (χ0v) is 17.6. The average molecular weight is 401 g/mol. The van der Waals surface area contributed by atoms with Crippen LogP contribution >= 0.6 is 23.1 Å². The first-order chi connectivity index (χ1) is 13.1. The van der Waals surface area contributed by atoms with Crippen molar-refractivity contribution in [3.05, 3.63) is 51.1 Å². The van der Waals surface area contributed by atoms with Gasteiger partial charge in [-0.15, -0.1) is 11.3 Å². The SMILES string of the molecule is CCCSc1nc2sc3c(c2c(=O)n1-c1ccccc1)C[C@](C)(CC)OC3. The van der Waals surface area contributed by atoms with E-state index in [9.17, 15) is 4.79 Å². The first-order valence-corrected chi connectivity index (χ1v) is 11.3. The first-order valence-electron chi connectivity index (χ1n) is 9.46. The van der Waals surface area contributed by atoms with E-state index in [1.54, 1.807) is 27.7 Å². The predicted molar refractivity (Wildman–Crippen MR) is 113 cm³/mol. The minimum Gasteiger partial charge on any atom is -0.369 e. The molecule has 0 saturated heterocycles. The van der Waals surface area contributed by atoms with Gasteiger partial charge in [-0.05, 0) is 37.5 Å². The molecule has 0 fully saturated rings. The molecule has 0 amide bonds. The standard InChI is InChI=1S/C21H24N2O2S2/c1-4-11-26-20-22-18-17(19(24)23(20)14-9-7-6-8-10-14)15-12-21(3,5-2)25-13-16(15)27-18/h6-10H,4-5,11-13H2,1-3H3/t21-/m0/s1. The van der Waals surface area contributed by atoms with Gasteiger partial charge < -0.3 is 4.74 Å². The van der Waals surface area contributed by atoms with Crippen molar-refractivity contribution in [3.8, 4) is 5.69 Å². The maximum atomic E-state index is 13.6. The Morgan fingerprint density at radius 3 is 2.78 bits per heavy atom. The van der Waals surface area contributed by atoms with Gasteiger partial charge in [0, 0.05) is 17.1 Å². The fourth-order valence-corrected chi connectivity index (χ4v) is 5.43. The van der Waals surface area contributed by atoms with E-state index in [0.717, 1.165) is 56.5 Å². The number of aromatic nitrogens is 2. The molecule has 1 atom stereocenters. The Morgan fingerprint density at radius 2 is 2.07 bits per heavy atom. The van der Waals surface area contributed by atoms with Crippen LogP contribution in [0.2, 0.25) is 0 Å². The number of thiophene rings is 1. The number of para-hydroxylation sites is 1. The zero-order chi connectivity index (χ0) is 19.0. The number of ether oxygens (including phenoxy) is 1. The van der Waals surface area contributed by atoms with Crippen molar-refractivity contribution in [1.29, 1.82) is 0 Å². The summed E-state index contributed by atoms with van der Waals surface area (Å²) in [4.78, 5) is 20.5. The van der Waals surface area contributed by atoms with Crippen molar-refractivity contribution in [3.63, 3.8) is 0 Å². The van der Waals surface area contributed by atoms with Gasteiger partial charge in [0.1, 0.15) is 4.83 Å². The third-order valence-corrected chi connectivity index (χ3v) is 7.42. The molecule has 0 unspecified atom stereocenters. The molecular formula is C21H24N2O2S2. The van der Waals surface area contributed by atoms with E-state index in [1.807, 2.05) is 30.3 Å². The molecule has 142 valence electrons. The Labute approximate surface area is 167 Å². The molecule has 1 aliphatic rings. The molecule has 2 aromatic heterocycles. The van der Waals surface area contributed by atoms with E-state index in [2.05, 4.69) is 20.8 Å². The van der Waals surface area contributed by atoms with Crippen molar-refractivity contribution < 1.29 is 4.74 Å². The van der Waals surface area contributed by atoms with Crippen molar-refractivity contribution in [2.75, 3.05) is 5.75 Å². The van der Waals surface area contributed by atoms with E-state index in [-0.39, 0.29) is 11.2 Å². The van der Waals surface area contributed by atoms with Gasteiger partial charge >= 0.3 is 0 Å². The lowest BCUT2D eigenvalue weighted by Crippen LogP contribution is -2.34. The summed E-state index contributed by atoms with van der Waals surface area (Å²) in [5.41, 5.74) is 1.85. The molecule has 0 saturated carbocycles. The highest BCUT2D eigenvalue weighted by Gasteiger charge is 2.33. The van der Waals surface area contributed by atoms with Crippen LogP contribution in [0.25, 0.3) is 15.9 Å². The summed E-state index contributed by atoms with van der Waals surface area (Å²) in [5, 5.41) is 1.56. The second kappa shape index (κ2) is 7.41. The Bertz CT molecular complexity index is 1030. The second-order valence-corrected chi connectivity index (χ2v) is 9.32. The number of thioether (sulfide) groups is 1. The van der Waals surface area contributed by atoms with Crippen molar-refractivity contribution >= 4 is 33.3 Å². The Morgan fingerprint density at radius 1 is 1.30 bits per heavy atom. The van der Waals surface area contributed by atoms with Crippen LogP contribution in [0.3, 0.4) is 0 Å². The Kier molecular flexibility index (Phi) is 5.14. The van der Waals surface area contributed by atoms with Crippen LogP contribution in [0.15, 0.2) is 40.3 Å². The largest absolute Gasteiger partial charge is 0.369 e. The Balaban J connectivity index is 1.96. The average Bonchev–Trinajstić information content (AvgIpc) is 3.04. The Hall–Kier alpha value is -1.63. The van der Waals surface area contributed by atoms with E-state index >= 15 is 0 Å². The number of hydrogen-bond donors (Lipinski definition) is 0. The van der Waals surface area contributed by atoms with Gasteiger partial charge in [-0.1, -0.05) is 43.8 Å². The second-order valence-electron chi connectivity index (χ2n) is 7.17. The van der Waals surface area contributed by atoms with Crippen LogP contribution in [-0.2, 0) is 17.8 Å². The summed E-state index contributed by atoms with van der Waals surface area (Å²) in [7, 11) is 0. The summed E-state index contributed by atoms with van der Waals surface area (Å²) in [6, 6.07) is 9.85. The van der Waals surface area contributed by atoms with Crippen molar-refractivity contribution in [1.82, 2.24) is 9.55 Å². The minimum absolute atomic E-state index is 0.0441. The first kappa shape index (κ1) is 18.7. The molecule has 1 aliphatic heterocycles. The lowest BCUT2D eigenvalue weighted by atomic mass is 9.90. The van der Waals surface area contributed by atoms with Gasteiger partial charge in [-0.2, -0.15) is 0 Å². The summed E-state index contributed by atoms with van der Waals surface area (Å²) in [6.45, 7) is 6.99. The smallest absolute Gasteiger partial charge is 0.267 e. The highest BCUT2D eigenvalue weighted by Crippen LogP contribution is 2.39. The summed E-state index contributed by atoms with van der Waals surface area (Å²) in [6.07, 6.45) is 2.73. The molecule has 6 heteroatoms. The highest BCUT2D eigenvalue weighted by molar-refractivity contribution is 7.99. The topological polar surface area (TPSA) is 44.1 Å². The molecule has 0 spiro atoms. The highest BCUT2D eigenvalue weighted by atomic mass is 32.2. The van der Waals surface area contributed by atoms with E-state index in [4.69, 9.17) is 9.72 Å². The van der Waals surface area contributed by atoms with Crippen LogP contribution in [0.1, 0.15) is 44.1 Å². The number of rotatable bonds is 5. The van der Waals surface area contributed by atoms with Crippen LogP contribution in [-0.4, -0.2) is 20.9 Å². The monoisotopic (exact) mass is 400 g/mol. The number of benzene rings is 1. The summed E-state index contributed by atoms with van der Waals surface area (Å²) < 4.78 is 7.88. The van der Waals surface area contributed by atoms with Crippen molar-refractivity contribution in [2.24, 2.45) is 0 Å². The van der Waals surface area contributed by atoms with Gasteiger partial charge in [-0.3, -0.25) is 9.36 Å². The molecule has 4 rings (SSSR count). The maximum Gasteiger partial charge on any atom is 0.267 e. The predicted octanol–water partition coefficient (Wildman–Crippen LogP) is 5.19. The fraction of sp³-hybridized carbons (Fsp3) is 0.429. The van der Waals surface area contributed by atoms with Crippen molar-refractivity contribution in [2.45, 2.75) is 57.4 Å². The normalized spacial score (nSPS) is 19.4. The molecule has 3 aromatic rings. The third kappa shape index (κ3) is 3.35. The van der Waals surface area contributed by atoms with Crippen LogP contribution in [0.5, 0.6) is 0 Å². The van der Waals surface area contributed by atoms with Gasteiger partial charge in [0.05, 0.1) is 23.3 Å². The van der Waals surface area contributed by atoms with Crippen LogP contribution in [0, 0.1) is 0 Å². The van der Waals surface area contributed by atoms with Gasteiger partial charge in [0.25, 0.3) is 5.56 Å². The van der Waals surface area contributed by atoms with E-state index in [0.29, 0.717) is 6.61 Å². The number of nitrogens with zero attached hydrogens (tertiary/aromatic N) is 2. The molecule has 0 bridgehead atoms. The zero-order valence-electron chi connectivity index (χ0n) is 15.9. The van der Waals surface area contributed by atoms with Gasteiger partial charge in [0.15, 0.2) is 5.16 Å². The quantitative estimate of drug-likeness (QED) is 0.437. The molecule has 0 N–H and O–H groups in total. The third-order valence-electron chi connectivity index (χ3n) is 5.18. The lowest BCUT2D eigenvalue weighted by molar-refractivity contribution is -0.0543. The molecule has 0 radical (unpaired) electrons. The molecule has 27 heavy (non-hydrogen) atoms. The van der Waals surface area contributed by atoms with Crippen LogP contribution in [0.4, 0.5) is 0 Å². The van der Waals surface area contributed by atoms with Gasteiger partial charge in [-0.25, -0.2) is 4.98 Å². The number of hydrogen-bond acceptors (Lipinski definition) is 5. The molecular weight excluding hydrogens is 376 g/mol.